The number of fused-ring (bicyclic) bond motifs is 3. The number of benzene rings is 2. The summed E-state index contributed by atoms with van der Waals surface area (Å²) in [5, 5.41) is 45.0. The van der Waals surface area contributed by atoms with E-state index in [0.717, 1.165) is 17.5 Å². The first kappa shape index (κ1) is 30.0. The number of nitrogens with zero attached hydrogens (tertiary/aromatic N) is 1. The topological polar surface area (TPSA) is 188 Å². The van der Waals surface area contributed by atoms with E-state index in [-0.39, 0.29) is 42.1 Å². The molecule has 3 aliphatic carbocycles. The van der Waals surface area contributed by atoms with E-state index in [0.29, 0.717) is 17.7 Å². The zero-order chi connectivity index (χ0) is 31.4. The second-order valence-corrected chi connectivity index (χ2v) is 11.5. The summed E-state index contributed by atoms with van der Waals surface area (Å²) >= 11 is 0. The Morgan fingerprint density at radius 3 is 2.35 bits per heavy atom. The molecule has 43 heavy (non-hydrogen) atoms. The van der Waals surface area contributed by atoms with Crippen molar-refractivity contribution in [2.24, 2.45) is 17.6 Å². The highest BCUT2D eigenvalue weighted by molar-refractivity contribution is 6.24. The minimum absolute atomic E-state index is 0.000330. The fourth-order valence-electron chi connectivity index (χ4n) is 6.75. The number of ketones is 2. The van der Waals surface area contributed by atoms with E-state index in [1.807, 2.05) is 19.1 Å². The number of aromatic hydroxyl groups is 1. The number of hydrogen-bond acceptors (Lipinski definition) is 10. The van der Waals surface area contributed by atoms with E-state index in [1.165, 1.54) is 11.0 Å². The Kier molecular flexibility index (Phi) is 7.66. The molecule has 2 aromatic rings. The van der Waals surface area contributed by atoms with Crippen molar-refractivity contribution in [1.82, 2.24) is 4.90 Å². The summed E-state index contributed by atoms with van der Waals surface area (Å²) in [6.45, 7) is 2.26. The fourth-order valence-corrected chi connectivity index (χ4v) is 6.75. The molecule has 226 valence electrons. The molecule has 4 atom stereocenters. The van der Waals surface area contributed by atoms with E-state index in [4.69, 9.17) is 10.5 Å². The lowest BCUT2D eigenvalue weighted by Crippen LogP contribution is -2.65. The molecule has 1 fully saturated rings. The molecule has 11 nitrogen and oxygen atoms in total. The van der Waals surface area contributed by atoms with Crippen LogP contribution in [0.15, 0.2) is 53.3 Å². The minimum atomic E-state index is -2.69. The predicted octanol–water partition coefficient (Wildman–Crippen LogP) is 2.13. The number of carbonyl (C=O) groups is 4. The summed E-state index contributed by atoms with van der Waals surface area (Å²) < 4.78 is 5.16. The van der Waals surface area contributed by atoms with Crippen LogP contribution in [-0.2, 0) is 36.8 Å². The molecule has 2 aromatic carbocycles. The number of hydrogen-bond donors (Lipinski definition) is 5. The monoisotopic (exact) mass is 590 g/mol. The van der Waals surface area contributed by atoms with Gasteiger partial charge in [-0.1, -0.05) is 37.3 Å². The van der Waals surface area contributed by atoms with Crippen LogP contribution < -0.4 is 5.73 Å². The second-order valence-electron chi connectivity index (χ2n) is 11.5. The highest BCUT2D eigenvalue weighted by atomic mass is 16.5. The van der Waals surface area contributed by atoms with Crippen molar-refractivity contribution in [3.05, 3.63) is 70.0 Å². The smallest absolute Gasteiger partial charge is 0.310 e. The maximum atomic E-state index is 14.0. The van der Waals surface area contributed by atoms with Crippen LogP contribution in [0.25, 0.3) is 16.9 Å². The molecule has 0 unspecified atom stereocenters. The minimum Gasteiger partial charge on any atom is -0.508 e. The first-order valence-electron chi connectivity index (χ1n) is 14.1. The summed E-state index contributed by atoms with van der Waals surface area (Å²) in [5.41, 5.74) is 4.35. The summed E-state index contributed by atoms with van der Waals surface area (Å²) in [5.74, 6) is -7.28. The molecular weight excluding hydrogens is 556 g/mol. The SMILES string of the molecule is CCCOC(=O)Cc1ccc(-c2ccc(O)c3c2C[C@@H]2C[C@@H]4[C@@H](N(C)C)C(=O)C(C(N)=O)=C(O)[C@]4(O)C(=O)C2=C3O)cc1. The van der Waals surface area contributed by atoms with E-state index in [2.05, 4.69) is 0 Å². The van der Waals surface area contributed by atoms with Gasteiger partial charge in [-0.05, 0) is 67.6 Å². The van der Waals surface area contributed by atoms with Gasteiger partial charge in [-0.25, -0.2) is 0 Å². The van der Waals surface area contributed by atoms with Crippen LogP contribution in [-0.4, -0.2) is 81.1 Å². The van der Waals surface area contributed by atoms with E-state index in [1.54, 1.807) is 32.3 Å². The van der Waals surface area contributed by atoms with Crippen LogP contribution in [0.1, 0.15) is 36.5 Å². The Bertz CT molecular complexity index is 1610. The molecule has 1 saturated carbocycles. The van der Waals surface area contributed by atoms with Gasteiger partial charge in [0.15, 0.2) is 11.4 Å². The van der Waals surface area contributed by atoms with Crippen molar-refractivity contribution >= 4 is 29.2 Å². The number of likely N-dealkylation sites (N-methyl/N-ethyl adjacent to an activating group) is 1. The average Bonchev–Trinajstić information content (AvgIpc) is 2.94. The van der Waals surface area contributed by atoms with Gasteiger partial charge in [0.05, 0.1) is 24.6 Å². The van der Waals surface area contributed by atoms with Crippen molar-refractivity contribution in [3.63, 3.8) is 0 Å². The summed E-state index contributed by atoms with van der Waals surface area (Å²) in [4.78, 5) is 52.9. The maximum Gasteiger partial charge on any atom is 0.310 e. The average molecular weight is 591 g/mol. The summed E-state index contributed by atoms with van der Waals surface area (Å²) in [6.07, 6.45) is 1.01. The van der Waals surface area contributed by atoms with Gasteiger partial charge in [0.1, 0.15) is 22.8 Å². The Hall–Kier alpha value is -4.48. The second kappa shape index (κ2) is 11.0. The quantitative estimate of drug-likeness (QED) is 0.236. The number of aliphatic hydroxyl groups is 3. The largest absolute Gasteiger partial charge is 0.508 e. The third-order valence-corrected chi connectivity index (χ3v) is 8.68. The van der Waals surface area contributed by atoms with Crippen molar-refractivity contribution in [3.8, 4) is 16.9 Å². The molecule has 3 aliphatic rings. The highest BCUT2D eigenvalue weighted by Crippen LogP contribution is 2.53. The first-order valence-corrected chi connectivity index (χ1v) is 14.1. The zero-order valence-electron chi connectivity index (χ0n) is 24.1. The third kappa shape index (κ3) is 4.68. The molecule has 11 heteroatoms. The lowest BCUT2D eigenvalue weighted by molar-refractivity contribution is -0.153. The van der Waals surface area contributed by atoms with E-state index in [9.17, 15) is 39.6 Å². The van der Waals surface area contributed by atoms with Gasteiger partial charge in [-0.15, -0.1) is 0 Å². The number of esters is 1. The van der Waals surface area contributed by atoms with Gasteiger partial charge in [0.25, 0.3) is 5.91 Å². The van der Waals surface area contributed by atoms with Gasteiger partial charge < -0.3 is 30.9 Å². The Balaban J connectivity index is 1.59. The van der Waals surface area contributed by atoms with Gasteiger partial charge >= 0.3 is 5.97 Å². The summed E-state index contributed by atoms with van der Waals surface area (Å²) in [6, 6.07) is 9.12. The summed E-state index contributed by atoms with van der Waals surface area (Å²) in [7, 11) is 3.10. The van der Waals surface area contributed by atoms with Crippen molar-refractivity contribution in [2.75, 3.05) is 20.7 Å². The molecule has 5 rings (SSSR count). The molecule has 0 spiro atoms. The van der Waals surface area contributed by atoms with Crippen LogP contribution in [0.4, 0.5) is 0 Å². The molecule has 0 heterocycles. The van der Waals surface area contributed by atoms with Crippen LogP contribution in [0.5, 0.6) is 5.75 Å². The lowest BCUT2D eigenvalue weighted by atomic mass is 9.57. The van der Waals surface area contributed by atoms with Crippen molar-refractivity contribution < 1.29 is 44.3 Å². The number of carbonyl (C=O) groups excluding carboxylic acids is 4. The molecule has 0 aliphatic heterocycles. The lowest BCUT2D eigenvalue weighted by Gasteiger charge is -2.50. The van der Waals surface area contributed by atoms with Crippen molar-refractivity contribution in [1.29, 1.82) is 0 Å². The Labute approximate surface area is 247 Å². The van der Waals surface area contributed by atoms with Gasteiger partial charge in [0.2, 0.25) is 5.78 Å². The number of amides is 1. The standard InChI is InChI=1S/C32H34N2O9/c1-4-11-43-22(36)12-15-5-7-16(8-6-15)18-9-10-21(35)24-19(18)13-17-14-20-26(34(2)3)28(38)25(31(33)41)30(40)32(20,42)29(39)23(17)27(24)37/h5-10,17,20,26,35,37,40,42H,4,11-14H2,1-3H3,(H2,33,41)/t17-,20-,26-,32-/m1/s1. The number of aliphatic hydroxyl groups excluding tert-OH is 2. The Morgan fingerprint density at radius 1 is 1.07 bits per heavy atom. The van der Waals surface area contributed by atoms with Gasteiger partial charge in [-0.3, -0.25) is 24.1 Å². The van der Waals surface area contributed by atoms with Crippen molar-refractivity contribution in [2.45, 2.75) is 44.2 Å². The number of Topliss-reactive ketones (excluding diaryl/α,β-unsaturated/α-hetero) is 2. The van der Waals surface area contributed by atoms with Crippen LogP contribution >= 0.6 is 0 Å². The number of primary amides is 1. The number of nitrogens with two attached hydrogens (primary N) is 1. The normalized spacial score (nSPS) is 24.9. The maximum absolute atomic E-state index is 14.0. The fraction of sp³-hybridized carbons (Fsp3) is 0.375. The number of phenolic OH excluding ortho intramolecular Hbond substituents is 1. The zero-order valence-corrected chi connectivity index (χ0v) is 24.1. The van der Waals surface area contributed by atoms with Crippen LogP contribution in [0.3, 0.4) is 0 Å². The third-order valence-electron chi connectivity index (χ3n) is 8.68. The molecule has 1 amide bonds. The van der Waals surface area contributed by atoms with E-state index >= 15 is 0 Å². The number of phenols is 1. The number of ether oxygens (including phenoxy) is 1. The predicted molar refractivity (Wildman–Crippen MR) is 155 cm³/mol. The Morgan fingerprint density at radius 2 is 1.74 bits per heavy atom. The van der Waals surface area contributed by atoms with E-state index < -0.39 is 58.0 Å². The number of rotatable bonds is 7. The van der Waals surface area contributed by atoms with Crippen LogP contribution in [0, 0.1) is 11.8 Å². The molecule has 0 saturated heterocycles. The molecule has 0 radical (unpaired) electrons. The first-order chi connectivity index (χ1) is 20.3. The van der Waals surface area contributed by atoms with Crippen LogP contribution in [0.2, 0.25) is 0 Å². The molecule has 0 aromatic heterocycles. The van der Waals surface area contributed by atoms with Gasteiger partial charge in [-0.2, -0.15) is 0 Å². The molecule has 6 N–H and O–H groups in total. The highest BCUT2D eigenvalue weighted by Gasteiger charge is 2.64. The van der Waals surface area contributed by atoms with Gasteiger partial charge in [0, 0.05) is 11.5 Å². The molecular formula is C32H34N2O9. The molecule has 0 bridgehead atoms.